The molecule has 2 aromatic carbocycles. The summed E-state index contributed by atoms with van der Waals surface area (Å²) in [5.41, 5.74) is 1.09. The Balaban J connectivity index is 1.33. The molecule has 27 heavy (non-hydrogen) atoms. The van der Waals surface area contributed by atoms with Crippen molar-refractivity contribution in [2.75, 3.05) is 13.2 Å². The average molecular weight is 366 g/mol. The summed E-state index contributed by atoms with van der Waals surface area (Å²) in [5.74, 6) is -0.390. The van der Waals surface area contributed by atoms with Gasteiger partial charge in [-0.15, -0.1) is 0 Å². The van der Waals surface area contributed by atoms with Gasteiger partial charge in [-0.3, -0.25) is 0 Å². The third kappa shape index (κ3) is 4.37. The normalized spacial score (nSPS) is 25.9. The summed E-state index contributed by atoms with van der Waals surface area (Å²) in [7, 11) is 0. The third-order valence-electron chi connectivity index (χ3n) is 5.30. The zero-order valence-electron chi connectivity index (χ0n) is 15.0. The fourth-order valence-corrected chi connectivity index (χ4v) is 3.66. The highest BCUT2D eigenvalue weighted by atomic mass is 16.6. The van der Waals surface area contributed by atoms with Gasteiger partial charge in [0.25, 0.3) is 0 Å². The van der Waals surface area contributed by atoms with E-state index in [9.17, 15) is 9.59 Å². The van der Waals surface area contributed by atoms with E-state index in [-0.39, 0.29) is 36.0 Å². The Hall–Kier alpha value is -2.66. The standard InChI is InChI=1S/C22H22O5/c23-21(15-7-3-1-4-8-15)25-13-17-11-19-20(27-19)12-18(17)14-26-22(24)16-9-5-2-6-10-16/h1-10,17-20H,11-14H2/t17-,18-,19-,20+/m1/s1. The summed E-state index contributed by atoms with van der Waals surface area (Å²) in [6.45, 7) is 0.627. The topological polar surface area (TPSA) is 65.1 Å². The van der Waals surface area contributed by atoms with Crippen molar-refractivity contribution in [1.82, 2.24) is 0 Å². The molecular formula is C22H22O5. The summed E-state index contributed by atoms with van der Waals surface area (Å²) in [6.07, 6.45) is 2.18. The van der Waals surface area contributed by atoms with Gasteiger partial charge in [0.2, 0.25) is 0 Å². The Bertz CT molecular complexity index is 721. The Labute approximate surface area is 158 Å². The van der Waals surface area contributed by atoms with Crippen molar-refractivity contribution in [3.8, 4) is 0 Å². The molecule has 0 unspecified atom stereocenters. The number of hydrogen-bond donors (Lipinski definition) is 0. The fraction of sp³-hybridized carbons (Fsp3) is 0.364. The van der Waals surface area contributed by atoms with Crippen LogP contribution in [0.5, 0.6) is 0 Å². The van der Waals surface area contributed by atoms with E-state index < -0.39 is 0 Å². The minimum Gasteiger partial charge on any atom is -0.462 e. The van der Waals surface area contributed by atoms with Gasteiger partial charge in [-0.1, -0.05) is 36.4 Å². The van der Waals surface area contributed by atoms with E-state index in [1.54, 1.807) is 24.3 Å². The van der Waals surface area contributed by atoms with Crippen LogP contribution in [0.25, 0.3) is 0 Å². The molecule has 1 aliphatic heterocycles. The van der Waals surface area contributed by atoms with Crippen LogP contribution in [0.15, 0.2) is 60.7 Å². The number of esters is 2. The second-order valence-corrected chi connectivity index (χ2v) is 7.13. The summed E-state index contributed by atoms with van der Waals surface area (Å²) in [5, 5.41) is 0. The molecular weight excluding hydrogens is 344 g/mol. The minimum absolute atomic E-state index is 0.130. The van der Waals surface area contributed by atoms with Crippen LogP contribution in [0.2, 0.25) is 0 Å². The third-order valence-corrected chi connectivity index (χ3v) is 5.30. The van der Waals surface area contributed by atoms with Crippen molar-refractivity contribution in [1.29, 1.82) is 0 Å². The Morgan fingerprint density at radius 2 is 1.15 bits per heavy atom. The molecule has 0 bridgehead atoms. The first kappa shape index (κ1) is 17.7. The molecule has 1 saturated heterocycles. The highest BCUT2D eigenvalue weighted by Crippen LogP contribution is 2.43. The van der Waals surface area contributed by atoms with Gasteiger partial charge in [-0.2, -0.15) is 0 Å². The molecule has 0 radical (unpaired) electrons. The van der Waals surface area contributed by atoms with Gasteiger partial charge >= 0.3 is 11.9 Å². The Morgan fingerprint density at radius 3 is 1.56 bits per heavy atom. The van der Waals surface area contributed by atoms with Crippen LogP contribution < -0.4 is 0 Å². The molecule has 2 aromatic rings. The van der Waals surface area contributed by atoms with Crippen molar-refractivity contribution in [3.05, 3.63) is 71.8 Å². The van der Waals surface area contributed by atoms with Gasteiger partial charge in [-0.05, 0) is 37.1 Å². The average Bonchev–Trinajstić information content (AvgIpc) is 3.49. The SMILES string of the molecule is O=C(OC[C@H]1C[C@@H]2O[C@@H]2C[C@@H]1COC(=O)c1ccccc1)c1ccccc1. The molecule has 1 heterocycles. The van der Waals surface area contributed by atoms with E-state index in [1.165, 1.54) is 0 Å². The quantitative estimate of drug-likeness (QED) is 0.578. The predicted octanol–water partition coefficient (Wildman–Crippen LogP) is 3.49. The lowest BCUT2D eigenvalue weighted by Crippen LogP contribution is -2.32. The Morgan fingerprint density at radius 1 is 0.741 bits per heavy atom. The monoisotopic (exact) mass is 366 g/mol. The van der Waals surface area contributed by atoms with Crippen molar-refractivity contribution in [3.63, 3.8) is 0 Å². The molecule has 0 spiro atoms. The highest BCUT2D eigenvalue weighted by Gasteiger charge is 2.48. The largest absolute Gasteiger partial charge is 0.462 e. The van der Waals surface area contributed by atoms with E-state index in [4.69, 9.17) is 14.2 Å². The lowest BCUT2D eigenvalue weighted by molar-refractivity contribution is 0.0166. The number of hydrogen-bond acceptors (Lipinski definition) is 5. The molecule has 140 valence electrons. The van der Waals surface area contributed by atoms with Crippen molar-refractivity contribution >= 4 is 11.9 Å². The summed E-state index contributed by atoms with van der Waals surface area (Å²) >= 11 is 0. The molecule has 1 aliphatic carbocycles. The van der Waals surface area contributed by atoms with Crippen LogP contribution in [0.3, 0.4) is 0 Å². The van der Waals surface area contributed by atoms with Crippen LogP contribution >= 0.6 is 0 Å². The maximum atomic E-state index is 12.2. The van der Waals surface area contributed by atoms with Crippen LogP contribution in [0.1, 0.15) is 33.6 Å². The van der Waals surface area contributed by atoms with Gasteiger partial charge in [-0.25, -0.2) is 9.59 Å². The first-order valence-electron chi connectivity index (χ1n) is 9.30. The van der Waals surface area contributed by atoms with Gasteiger partial charge in [0.05, 0.1) is 36.5 Å². The number of epoxide rings is 1. The number of benzene rings is 2. The summed E-state index contributed by atoms with van der Waals surface area (Å²) < 4.78 is 16.7. The molecule has 0 N–H and O–H groups in total. The number of carbonyl (C=O) groups is 2. The second kappa shape index (κ2) is 7.92. The maximum absolute atomic E-state index is 12.2. The van der Waals surface area contributed by atoms with E-state index >= 15 is 0 Å². The number of rotatable bonds is 6. The molecule has 2 fully saturated rings. The van der Waals surface area contributed by atoms with Gasteiger partial charge in [0, 0.05) is 11.8 Å². The van der Waals surface area contributed by atoms with Crippen LogP contribution in [-0.4, -0.2) is 37.4 Å². The van der Waals surface area contributed by atoms with Crippen LogP contribution in [-0.2, 0) is 14.2 Å². The number of fused-ring (bicyclic) bond motifs is 1. The first-order chi connectivity index (χ1) is 13.2. The summed E-state index contributed by atoms with van der Waals surface area (Å²) in [6, 6.07) is 17.9. The Kier molecular flexibility index (Phi) is 5.21. The van der Waals surface area contributed by atoms with Gasteiger partial charge in [0.15, 0.2) is 0 Å². The lowest BCUT2D eigenvalue weighted by Gasteiger charge is -2.28. The smallest absolute Gasteiger partial charge is 0.338 e. The molecule has 0 amide bonds. The van der Waals surface area contributed by atoms with Crippen molar-refractivity contribution < 1.29 is 23.8 Å². The second-order valence-electron chi connectivity index (χ2n) is 7.13. The van der Waals surface area contributed by atoms with E-state index in [0.717, 1.165) is 12.8 Å². The fourth-order valence-electron chi connectivity index (χ4n) is 3.66. The van der Waals surface area contributed by atoms with Gasteiger partial charge in [0.1, 0.15) is 0 Å². The molecule has 5 heteroatoms. The highest BCUT2D eigenvalue weighted by molar-refractivity contribution is 5.89. The number of ether oxygens (including phenoxy) is 3. The van der Waals surface area contributed by atoms with Crippen LogP contribution in [0, 0.1) is 11.8 Å². The molecule has 1 saturated carbocycles. The molecule has 4 atom stereocenters. The maximum Gasteiger partial charge on any atom is 0.338 e. The predicted molar refractivity (Wildman–Crippen MR) is 98.3 cm³/mol. The van der Waals surface area contributed by atoms with E-state index in [1.807, 2.05) is 36.4 Å². The van der Waals surface area contributed by atoms with E-state index in [2.05, 4.69) is 0 Å². The molecule has 0 aromatic heterocycles. The van der Waals surface area contributed by atoms with Gasteiger partial charge < -0.3 is 14.2 Å². The zero-order chi connectivity index (χ0) is 18.6. The molecule has 5 nitrogen and oxygen atoms in total. The summed E-state index contributed by atoms with van der Waals surface area (Å²) in [4.78, 5) is 24.4. The molecule has 2 aliphatic rings. The van der Waals surface area contributed by atoms with E-state index in [0.29, 0.717) is 24.3 Å². The first-order valence-corrected chi connectivity index (χ1v) is 9.30. The van der Waals surface area contributed by atoms with Crippen molar-refractivity contribution in [2.45, 2.75) is 25.0 Å². The zero-order valence-corrected chi connectivity index (χ0v) is 15.0. The number of carbonyl (C=O) groups excluding carboxylic acids is 2. The van der Waals surface area contributed by atoms with Crippen LogP contribution in [0.4, 0.5) is 0 Å². The minimum atomic E-state index is -0.325. The molecule has 4 rings (SSSR count). The lowest BCUT2D eigenvalue weighted by atomic mass is 9.80. The van der Waals surface area contributed by atoms with Crippen molar-refractivity contribution in [2.24, 2.45) is 11.8 Å².